The Morgan fingerprint density at radius 3 is 2.52 bits per heavy atom. The summed E-state index contributed by atoms with van der Waals surface area (Å²) in [6, 6.07) is 8.03. The van der Waals surface area contributed by atoms with Crippen LogP contribution in [0.25, 0.3) is 0 Å². The molecule has 1 atom stereocenters. The van der Waals surface area contributed by atoms with Crippen LogP contribution in [0.5, 0.6) is 0 Å². The van der Waals surface area contributed by atoms with Crippen LogP contribution in [0.1, 0.15) is 40.4 Å². The van der Waals surface area contributed by atoms with E-state index in [-0.39, 0.29) is 17.5 Å². The highest BCUT2D eigenvalue weighted by Gasteiger charge is 2.32. The number of likely N-dealkylation sites (tertiary alicyclic amines) is 1. The van der Waals surface area contributed by atoms with E-state index in [4.69, 9.17) is 0 Å². The van der Waals surface area contributed by atoms with E-state index in [0.717, 1.165) is 30.5 Å². The predicted molar refractivity (Wildman–Crippen MR) is 78.7 cm³/mol. The number of carbonyl (C=O) groups is 1. The van der Waals surface area contributed by atoms with Crippen molar-refractivity contribution in [2.75, 3.05) is 6.54 Å². The minimum absolute atomic E-state index is 0.0708. The maximum Gasteiger partial charge on any atom is 0.416 e. The molecular weight excluding hydrogens is 305 g/mol. The molecule has 0 N–H and O–H groups in total. The number of halogens is 3. The van der Waals surface area contributed by atoms with Crippen molar-refractivity contribution in [3.05, 3.63) is 65.5 Å². The van der Waals surface area contributed by atoms with Gasteiger partial charge < -0.3 is 4.90 Å². The first-order chi connectivity index (χ1) is 11.0. The number of nitrogens with zero attached hydrogens (tertiary/aromatic N) is 2. The molecule has 1 aliphatic heterocycles. The Kier molecular flexibility index (Phi) is 4.07. The van der Waals surface area contributed by atoms with Crippen LogP contribution in [-0.4, -0.2) is 22.3 Å². The lowest BCUT2D eigenvalue weighted by atomic mass is 10.1. The Morgan fingerprint density at radius 1 is 1.17 bits per heavy atom. The van der Waals surface area contributed by atoms with E-state index in [1.54, 1.807) is 17.3 Å². The summed E-state index contributed by atoms with van der Waals surface area (Å²) in [4.78, 5) is 18.4. The number of pyridine rings is 1. The average molecular weight is 320 g/mol. The molecular formula is C17H15F3N2O. The number of benzene rings is 1. The molecule has 120 valence electrons. The monoisotopic (exact) mass is 320 g/mol. The number of carbonyl (C=O) groups excluding carboxylic acids is 1. The number of rotatable bonds is 2. The van der Waals surface area contributed by atoms with Crippen molar-refractivity contribution in [1.82, 2.24) is 9.88 Å². The van der Waals surface area contributed by atoms with Gasteiger partial charge in [-0.15, -0.1) is 0 Å². The molecule has 23 heavy (non-hydrogen) atoms. The largest absolute Gasteiger partial charge is 0.416 e. The highest BCUT2D eigenvalue weighted by Crippen LogP contribution is 2.33. The van der Waals surface area contributed by atoms with Crippen molar-refractivity contribution in [1.29, 1.82) is 0 Å². The van der Waals surface area contributed by atoms with E-state index in [1.165, 1.54) is 12.1 Å². The average Bonchev–Trinajstić information content (AvgIpc) is 3.04. The zero-order valence-corrected chi connectivity index (χ0v) is 12.3. The van der Waals surface area contributed by atoms with Crippen molar-refractivity contribution >= 4 is 5.91 Å². The molecule has 2 heterocycles. The second-order valence-corrected chi connectivity index (χ2v) is 5.52. The molecule has 6 heteroatoms. The number of amides is 1. The summed E-state index contributed by atoms with van der Waals surface area (Å²) in [5, 5.41) is 0. The minimum atomic E-state index is -4.40. The summed E-state index contributed by atoms with van der Waals surface area (Å²) in [5.41, 5.74) is 0.471. The summed E-state index contributed by atoms with van der Waals surface area (Å²) in [6.45, 7) is 0.597. The number of hydrogen-bond acceptors (Lipinski definition) is 2. The second-order valence-electron chi connectivity index (χ2n) is 5.52. The van der Waals surface area contributed by atoms with Gasteiger partial charge in [-0.2, -0.15) is 13.2 Å². The summed E-state index contributed by atoms with van der Waals surface area (Å²) in [7, 11) is 0. The van der Waals surface area contributed by atoms with Gasteiger partial charge >= 0.3 is 6.18 Å². The summed E-state index contributed by atoms with van der Waals surface area (Å²) in [6.07, 6.45) is 0.695. The molecule has 1 amide bonds. The smallest absolute Gasteiger partial charge is 0.332 e. The highest BCUT2D eigenvalue weighted by atomic mass is 19.4. The van der Waals surface area contributed by atoms with Gasteiger partial charge in [-0.1, -0.05) is 6.07 Å². The Hall–Kier alpha value is -2.37. The standard InChI is InChI=1S/C17H15F3N2O/c18-17(19,20)14-7-5-12(6-8-14)16(23)22-10-2-4-15(22)13-3-1-9-21-11-13/h1,3,5-9,11,15H,2,4,10H2. The van der Waals surface area contributed by atoms with Gasteiger partial charge in [0.2, 0.25) is 0 Å². The molecule has 1 aliphatic rings. The van der Waals surface area contributed by atoms with Gasteiger partial charge in [0.15, 0.2) is 0 Å². The first-order valence-corrected chi connectivity index (χ1v) is 7.35. The van der Waals surface area contributed by atoms with Gasteiger partial charge in [0.05, 0.1) is 11.6 Å². The molecule has 0 bridgehead atoms. The van der Waals surface area contributed by atoms with Crippen LogP contribution < -0.4 is 0 Å². The normalized spacial score (nSPS) is 18.2. The van der Waals surface area contributed by atoms with E-state index in [9.17, 15) is 18.0 Å². The molecule has 0 saturated carbocycles. The minimum Gasteiger partial charge on any atom is -0.332 e. The third-order valence-electron chi connectivity index (χ3n) is 4.04. The third-order valence-corrected chi connectivity index (χ3v) is 4.04. The molecule has 1 unspecified atom stereocenters. The molecule has 1 aromatic heterocycles. The Labute approximate surface area is 131 Å². The van der Waals surface area contributed by atoms with Crippen LogP contribution in [0.15, 0.2) is 48.8 Å². The first-order valence-electron chi connectivity index (χ1n) is 7.35. The fourth-order valence-corrected chi connectivity index (χ4v) is 2.90. The van der Waals surface area contributed by atoms with Gasteiger partial charge in [0, 0.05) is 24.5 Å². The van der Waals surface area contributed by atoms with Crippen LogP contribution in [0.4, 0.5) is 13.2 Å². The van der Waals surface area contributed by atoms with Crippen LogP contribution in [-0.2, 0) is 6.18 Å². The molecule has 2 aromatic rings. The summed E-state index contributed by atoms with van der Waals surface area (Å²) < 4.78 is 37.8. The topological polar surface area (TPSA) is 33.2 Å². The molecule has 3 nitrogen and oxygen atoms in total. The number of aromatic nitrogens is 1. The molecule has 1 fully saturated rings. The molecule has 0 radical (unpaired) electrons. The molecule has 1 saturated heterocycles. The Bertz CT molecular complexity index is 683. The van der Waals surface area contributed by atoms with E-state index in [2.05, 4.69) is 4.98 Å². The molecule has 3 rings (SSSR count). The second kappa shape index (κ2) is 6.02. The SMILES string of the molecule is O=C(c1ccc(C(F)(F)F)cc1)N1CCCC1c1cccnc1. The van der Waals surface area contributed by atoms with E-state index < -0.39 is 11.7 Å². The summed E-state index contributed by atoms with van der Waals surface area (Å²) in [5.74, 6) is -0.245. The number of alkyl halides is 3. The van der Waals surface area contributed by atoms with E-state index >= 15 is 0 Å². The van der Waals surface area contributed by atoms with Crippen LogP contribution in [0.2, 0.25) is 0 Å². The Balaban J connectivity index is 1.82. The van der Waals surface area contributed by atoms with Gasteiger partial charge in [-0.3, -0.25) is 9.78 Å². The van der Waals surface area contributed by atoms with Crippen LogP contribution in [0, 0.1) is 0 Å². The zero-order chi connectivity index (χ0) is 16.4. The Morgan fingerprint density at radius 2 is 1.91 bits per heavy atom. The lowest BCUT2D eigenvalue weighted by Crippen LogP contribution is -2.30. The zero-order valence-electron chi connectivity index (χ0n) is 12.3. The maximum absolute atomic E-state index is 12.6. The predicted octanol–water partition coefficient (Wildman–Crippen LogP) is 4.08. The summed E-state index contributed by atoms with van der Waals surface area (Å²) >= 11 is 0. The lowest BCUT2D eigenvalue weighted by Gasteiger charge is -2.25. The number of hydrogen-bond donors (Lipinski definition) is 0. The molecule has 1 aromatic carbocycles. The van der Waals surface area contributed by atoms with Crippen molar-refractivity contribution in [3.8, 4) is 0 Å². The lowest BCUT2D eigenvalue weighted by molar-refractivity contribution is -0.137. The van der Waals surface area contributed by atoms with Crippen molar-refractivity contribution in [2.45, 2.75) is 25.1 Å². The van der Waals surface area contributed by atoms with Crippen molar-refractivity contribution in [3.63, 3.8) is 0 Å². The van der Waals surface area contributed by atoms with Gasteiger partial charge in [0.25, 0.3) is 5.91 Å². The quantitative estimate of drug-likeness (QED) is 0.835. The fraction of sp³-hybridized carbons (Fsp3) is 0.294. The van der Waals surface area contributed by atoms with Crippen molar-refractivity contribution < 1.29 is 18.0 Å². The molecule has 0 spiro atoms. The van der Waals surface area contributed by atoms with Crippen LogP contribution >= 0.6 is 0 Å². The van der Waals surface area contributed by atoms with Crippen molar-refractivity contribution in [2.24, 2.45) is 0 Å². The van der Waals surface area contributed by atoms with Gasteiger partial charge in [-0.05, 0) is 48.7 Å². The van der Waals surface area contributed by atoms with Gasteiger partial charge in [-0.25, -0.2) is 0 Å². The van der Waals surface area contributed by atoms with E-state index in [0.29, 0.717) is 6.54 Å². The third kappa shape index (κ3) is 3.21. The highest BCUT2D eigenvalue weighted by molar-refractivity contribution is 5.94. The fourth-order valence-electron chi connectivity index (χ4n) is 2.90. The van der Waals surface area contributed by atoms with Gasteiger partial charge in [0.1, 0.15) is 0 Å². The first kappa shape index (κ1) is 15.5. The molecule has 0 aliphatic carbocycles. The van der Waals surface area contributed by atoms with Crippen LogP contribution in [0.3, 0.4) is 0 Å². The maximum atomic E-state index is 12.6. The van der Waals surface area contributed by atoms with E-state index in [1.807, 2.05) is 12.1 Å².